The van der Waals surface area contributed by atoms with Gasteiger partial charge in [0.2, 0.25) is 11.9 Å². The second kappa shape index (κ2) is 6.67. The van der Waals surface area contributed by atoms with Crippen LogP contribution in [0.2, 0.25) is 0 Å². The molecule has 0 saturated heterocycles. The SMILES string of the molecule is CC1CCCC1Nc1nc(Nc2ccc(C(N)=O)cc2)nc2[nH]ccc12. The Morgan fingerprint density at radius 2 is 2.00 bits per heavy atom. The molecule has 2 unspecified atom stereocenters. The van der Waals surface area contributed by atoms with Crippen molar-refractivity contribution in [2.45, 2.75) is 32.2 Å². The fraction of sp³-hybridized carbons (Fsp3) is 0.316. The smallest absolute Gasteiger partial charge is 0.248 e. The standard InChI is InChI=1S/C19H22N6O/c1-11-3-2-4-15(11)23-18-14-9-10-21-17(14)24-19(25-18)22-13-7-5-12(6-8-13)16(20)26/h5-11,15H,2-4H2,1H3,(H2,20,26)(H3,21,22,23,24,25). The van der Waals surface area contributed by atoms with Crippen LogP contribution in [0, 0.1) is 5.92 Å². The summed E-state index contributed by atoms with van der Waals surface area (Å²) in [5.41, 5.74) is 7.32. The topological polar surface area (TPSA) is 109 Å². The van der Waals surface area contributed by atoms with Gasteiger partial charge in [-0.25, -0.2) is 0 Å². The number of amides is 1. The Morgan fingerprint density at radius 1 is 1.19 bits per heavy atom. The predicted molar refractivity (Wildman–Crippen MR) is 103 cm³/mol. The van der Waals surface area contributed by atoms with Crippen LogP contribution < -0.4 is 16.4 Å². The number of fused-ring (bicyclic) bond motifs is 1. The Bertz CT molecular complexity index is 933. The zero-order valence-electron chi connectivity index (χ0n) is 14.6. The molecule has 7 heteroatoms. The number of H-pyrrole nitrogens is 1. The lowest BCUT2D eigenvalue weighted by atomic mass is 10.1. The molecule has 0 bridgehead atoms. The normalized spacial score (nSPS) is 19.6. The van der Waals surface area contributed by atoms with E-state index in [9.17, 15) is 4.79 Å². The first kappa shape index (κ1) is 16.4. The molecular weight excluding hydrogens is 328 g/mol. The van der Waals surface area contributed by atoms with Gasteiger partial charge >= 0.3 is 0 Å². The third-order valence-electron chi connectivity index (χ3n) is 5.02. The number of rotatable bonds is 5. The van der Waals surface area contributed by atoms with E-state index in [4.69, 9.17) is 5.73 Å². The third-order valence-corrected chi connectivity index (χ3v) is 5.02. The van der Waals surface area contributed by atoms with E-state index in [1.807, 2.05) is 12.3 Å². The van der Waals surface area contributed by atoms with Crippen LogP contribution in [0.5, 0.6) is 0 Å². The highest BCUT2D eigenvalue weighted by Gasteiger charge is 2.24. The first-order valence-corrected chi connectivity index (χ1v) is 8.89. The summed E-state index contributed by atoms with van der Waals surface area (Å²) in [5, 5.41) is 7.78. The maximum Gasteiger partial charge on any atom is 0.248 e. The lowest BCUT2D eigenvalue weighted by molar-refractivity contribution is 0.100. The molecule has 1 aliphatic carbocycles. The van der Waals surface area contributed by atoms with Gasteiger partial charge in [0.15, 0.2) is 0 Å². The Balaban J connectivity index is 1.61. The van der Waals surface area contributed by atoms with Crippen molar-refractivity contribution in [3.05, 3.63) is 42.1 Å². The molecule has 1 amide bonds. The van der Waals surface area contributed by atoms with E-state index in [2.05, 4.69) is 32.5 Å². The second-order valence-corrected chi connectivity index (χ2v) is 6.86. The number of carbonyl (C=O) groups is 1. The van der Waals surface area contributed by atoms with Crippen LogP contribution in [0.25, 0.3) is 11.0 Å². The summed E-state index contributed by atoms with van der Waals surface area (Å²) in [6.07, 6.45) is 5.52. The molecule has 26 heavy (non-hydrogen) atoms. The molecule has 2 atom stereocenters. The summed E-state index contributed by atoms with van der Waals surface area (Å²) in [4.78, 5) is 23.6. The quantitative estimate of drug-likeness (QED) is 0.564. The van der Waals surface area contributed by atoms with Crippen molar-refractivity contribution < 1.29 is 4.79 Å². The number of nitrogens with one attached hydrogen (secondary N) is 3. The fourth-order valence-corrected chi connectivity index (χ4v) is 3.49. The molecule has 0 aliphatic heterocycles. The van der Waals surface area contributed by atoms with Crippen LogP contribution in [0.3, 0.4) is 0 Å². The first-order valence-electron chi connectivity index (χ1n) is 8.89. The van der Waals surface area contributed by atoms with Crippen molar-refractivity contribution in [3.8, 4) is 0 Å². The van der Waals surface area contributed by atoms with E-state index in [0.29, 0.717) is 23.5 Å². The number of aromatic amines is 1. The van der Waals surface area contributed by atoms with Gasteiger partial charge < -0.3 is 21.4 Å². The number of benzene rings is 1. The minimum absolute atomic E-state index is 0.436. The molecule has 1 saturated carbocycles. The zero-order valence-corrected chi connectivity index (χ0v) is 14.6. The summed E-state index contributed by atoms with van der Waals surface area (Å²) in [6, 6.07) is 9.35. The molecule has 0 spiro atoms. The predicted octanol–water partition coefficient (Wildman–Crippen LogP) is 3.40. The van der Waals surface area contributed by atoms with Gasteiger partial charge in [-0.05, 0) is 49.1 Å². The molecule has 2 heterocycles. The van der Waals surface area contributed by atoms with Crippen molar-refractivity contribution in [2.75, 3.05) is 10.6 Å². The molecule has 7 nitrogen and oxygen atoms in total. The van der Waals surface area contributed by atoms with Crippen LogP contribution in [0.1, 0.15) is 36.5 Å². The van der Waals surface area contributed by atoms with Gasteiger partial charge in [0.25, 0.3) is 0 Å². The summed E-state index contributed by atoms with van der Waals surface area (Å²) >= 11 is 0. The van der Waals surface area contributed by atoms with Crippen molar-refractivity contribution in [2.24, 2.45) is 11.7 Å². The molecule has 134 valence electrons. The van der Waals surface area contributed by atoms with Gasteiger partial charge in [0.1, 0.15) is 11.5 Å². The van der Waals surface area contributed by atoms with E-state index in [-0.39, 0.29) is 0 Å². The van der Waals surface area contributed by atoms with Crippen LogP contribution in [-0.2, 0) is 0 Å². The monoisotopic (exact) mass is 350 g/mol. The number of nitrogens with two attached hydrogens (primary N) is 1. The van der Waals surface area contributed by atoms with E-state index in [1.165, 1.54) is 12.8 Å². The Hall–Kier alpha value is -3.09. The molecule has 5 N–H and O–H groups in total. The number of hydrogen-bond donors (Lipinski definition) is 4. The summed E-state index contributed by atoms with van der Waals surface area (Å²) in [6.45, 7) is 2.28. The summed E-state index contributed by atoms with van der Waals surface area (Å²) in [7, 11) is 0. The van der Waals surface area contributed by atoms with Gasteiger partial charge in [-0.15, -0.1) is 0 Å². The van der Waals surface area contributed by atoms with E-state index in [0.717, 1.165) is 29.0 Å². The average molecular weight is 350 g/mol. The van der Waals surface area contributed by atoms with Gasteiger partial charge in [0.05, 0.1) is 5.39 Å². The van der Waals surface area contributed by atoms with E-state index >= 15 is 0 Å². The van der Waals surface area contributed by atoms with Gasteiger partial charge in [-0.2, -0.15) is 9.97 Å². The molecule has 0 radical (unpaired) electrons. The molecule has 1 aliphatic rings. The molecule has 1 aromatic carbocycles. The lowest BCUT2D eigenvalue weighted by Crippen LogP contribution is -2.22. The van der Waals surface area contributed by atoms with Crippen LogP contribution in [0.15, 0.2) is 36.5 Å². The van der Waals surface area contributed by atoms with E-state index in [1.54, 1.807) is 24.3 Å². The van der Waals surface area contributed by atoms with Crippen LogP contribution in [-0.4, -0.2) is 26.9 Å². The maximum atomic E-state index is 11.2. The minimum atomic E-state index is -0.447. The molecular formula is C19H22N6O. The largest absolute Gasteiger partial charge is 0.366 e. The maximum absolute atomic E-state index is 11.2. The highest BCUT2D eigenvalue weighted by molar-refractivity contribution is 5.93. The van der Waals surface area contributed by atoms with Gasteiger partial charge in [-0.3, -0.25) is 4.79 Å². The van der Waals surface area contributed by atoms with Crippen LogP contribution in [0.4, 0.5) is 17.5 Å². The van der Waals surface area contributed by atoms with Crippen molar-refractivity contribution in [1.82, 2.24) is 15.0 Å². The highest BCUT2D eigenvalue weighted by atomic mass is 16.1. The zero-order chi connectivity index (χ0) is 18.1. The summed E-state index contributed by atoms with van der Waals surface area (Å²) < 4.78 is 0. The lowest BCUT2D eigenvalue weighted by Gasteiger charge is -2.19. The van der Waals surface area contributed by atoms with Crippen molar-refractivity contribution in [3.63, 3.8) is 0 Å². The number of anilines is 3. The fourth-order valence-electron chi connectivity index (χ4n) is 3.49. The molecule has 3 aromatic rings. The number of nitrogens with zero attached hydrogens (tertiary/aromatic N) is 2. The number of hydrogen-bond acceptors (Lipinski definition) is 5. The third kappa shape index (κ3) is 3.20. The van der Waals surface area contributed by atoms with E-state index < -0.39 is 5.91 Å². The van der Waals surface area contributed by atoms with Gasteiger partial charge in [0, 0.05) is 23.5 Å². The molecule has 4 rings (SSSR count). The number of carbonyl (C=O) groups excluding carboxylic acids is 1. The Labute approximate surface area is 151 Å². The highest BCUT2D eigenvalue weighted by Crippen LogP contribution is 2.30. The summed E-state index contributed by atoms with van der Waals surface area (Å²) in [5.74, 6) is 1.53. The average Bonchev–Trinajstić information content (AvgIpc) is 3.25. The Morgan fingerprint density at radius 3 is 2.69 bits per heavy atom. The minimum Gasteiger partial charge on any atom is -0.366 e. The van der Waals surface area contributed by atoms with Crippen molar-refractivity contribution in [1.29, 1.82) is 0 Å². The van der Waals surface area contributed by atoms with Crippen molar-refractivity contribution >= 4 is 34.4 Å². The molecule has 2 aromatic heterocycles. The number of aromatic nitrogens is 3. The Kier molecular flexibility index (Phi) is 4.20. The van der Waals surface area contributed by atoms with Gasteiger partial charge in [-0.1, -0.05) is 13.3 Å². The first-order chi connectivity index (χ1) is 12.6. The molecule has 1 fully saturated rings. The second-order valence-electron chi connectivity index (χ2n) is 6.86. The number of primary amides is 1. The van der Waals surface area contributed by atoms with Crippen LogP contribution >= 0.6 is 0 Å².